The first-order valence-electron chi connectivity index (χ1n) is 6.50. The number of carbonyl (C=O) groups excluding carboxylic acids is 1. The molecular weight excluding hydrogens is 258 g/mol. The fraction of sp³-hybridized carbons (Fsp3) is 0.538. The predicted molar refractivity (Wildman–Crippen MR) is 73.4 cm³/mol. The van der Waals surface area contributed by atoms with Gasteiger partial charge in [0.2, 0.25) is 0 Å². The monoisotopic (exact) mass is 277 g/mol. The van der Waals surface area contributed by atoms with E-state index in [-0.39, 0.29) is 12.5 Å². The fourth-order valence-corrected chi connectivity index (χ4v) is 2.06. The third kappa shape index (κ3) is 2.77. The molecule has 2 aromatic heterocycles. The average Bonchev–Trinajstić information content (AvgIpc) is 2.84. The summed E-state index contributed by atoms with van der Waals surface area (Å²) in [5, 5.41) is 13.9. The number of nitrogens with zero attached hydrogens (tertiary/aromatic N) is 5. The van der Waals surface area contributed by atoms with Crippen LogP contribution in [0.25, 0.3) is 5.78 Å². The predicted octanol–water partition coefficient (Wildman–Crippen LogP) is 0.666. The summed E-state index contributed by atoms with van der Waals surface area (Å²) < 4.78 is 1.53. The van der Waals surface area contributed by atoms with Crippen LogP contribution >= 0.6 is 0 Å². The molecule has 0 aromatic carbocycles. The number of likely N-dealkylation sites (N-methyl/N-ethyl adjacent to an activating group) is 1. The van der Waals surface area contributed by atoms with Crippen LogP contribution in [-0.2, 0) is 0 Å². The van der Waals surface area contributed by atoms with E-state index < -0.39 is 5.60 Å². The Balaban J connectivity index is 2.36. The molecule has 0 aliphatic heterocycles. The maximum Gasteiger partial charge on any atom is 0.257 e. The second-order valence-corrected chi connectivity index (χ2v) is 5.36. The van der Waals surface area contributed by atoms with E-state index in [0.29, 0.717) is 23.6 Å². The summed E-state index contributed by atoms with van der Waals surface area (Å²) in [4.78, 5) is 22.2. The van der Waals surface area contributed by atoms with Crippen LogP contribution in [0.15, 0.2) is 12.5 Å². The van der Waals surface area contributed by atoms with Crippen LogP contribution in [0.2, 0.25) is 0 Å². The van der Waals surface area contributed by atoms with Gasteiger partial charge in [-0.1, -0.05) is 0 Å². The third-order valence-electron chi connectivity index (χ3n) is 3.02. The van der Waals surface area contributed by atoms with Crippen LogP contribution in [0, 0.1) is 6.92 Å². The summed E-state index contributed by atoms with van der Waals surface area (Å²) in [6.07, 6.45) is 2.91. The first-order valence-corrected chi connectivity index (χ1v) is 6.50. The van der Waals surface area contributed by atoms with Crippen LogP contribution in [0.4, 0.5) is 0 Å². The van der Waals surface area contributed by atoms with Crippen LogP contribution in [0.5, 0.6) is 0 Å². The molecule has 0 unspecified atom stereocenters. The SMILES string of the molecule is CCN(CC(C)(C)O)C(=O)c1cnc2ncnn2c1C. The van der Waals surface area contributed by atoms with E-state index in [0.717, 1.165) is 0 Å². The minimum Gasteiger partial charge on any atom is -0.389 e. The van der Waals surface area contributed by atoms with Gasteiger partial charge in [0.15, 0.2) is 0 Å². The molecule has 2 aromatic rings. The standard InChI is InChI=1S/C13H19N5O2/c1-5-17(7-13(3,4)20)11(19)10-6-14-12-15-8-16-18(12)9(10)2/h6,8,20H,5,7H2,1-4H3. The Bertz CT molecular complexity index is 629. The van der Waals surface area contributed by atoms with E-state index in [1.165, 1.54) is 17.0 Å². The van der Waals surface area contributed by atoms with Gasteiger partial charge in [-0.05, 0) is 27.7 Å². The maximum absolute atomic E-state index is 12.6. The molecule has 0 spiro atoms. The normalized spacial score (nSPS) is 11.8. The highest BCUT2D eigenvalue weighted by Gasteiger charge is 2.24. The molecular formula is C13H19N5O2. The zero-order valence-corrected chi connectivity index (χ0v) is 12.2. The van der Waals surface area contributed by atoms with Gasteiger partial charge in [-0.25, -0.2) is 9.50 Å². The van der Waals surface area contributed by atoms with Gasteiger partial charge in [0, 0.05) is 19.3 Å². The van der Waals surface area contributed by atoms with Crippen LogP contribution in [0.3, 0.4) is 0 Å². The number of aliphatic hydroxyl groups is 1. The Morgan fingerprint density at radius 1 is 1.45 bits per heavy atom. The van der Waals surface area contributed by atoms with Crippen molar-refractivity contribution in [3.8, 4) is 0 Å². The summed E-state index contributed by atoms with van der Waals surface area (Å²) in [5.41, 5.74) is 0.213. The molecule has 0 radical (unpaired) electrons. The van der Waals surface area contributed by atoms with E-state index in [4.69, 9.17) is 0 Å². The number of hydrogen-bond donors (Lipinski definition) is 1. The van der Waals surface area contributed by atoms with E-state index in [1.54, 1.807) is 25.7 Å². The number of carbonyl (C=O) groups is 1. The molecule has 20 heavy (non-hydrogen) atoms. The second kappa shape index (κ2) is 5.16. The lowest BCUT2D eigenvalue weighted by Gasteiger charge is -2.28. The molecule has 1 N–H and O–H groups in total. The summed E-state index contributed by atoms with van der Waals surface area (Å²) in [7, 11) is 0. The lowest BCUT2D eigenvalue weighted by Crippen LogP contribution is -2.42. The first kappa shape index (κ1) is 14.4. The molecule has 0 aliphatic rings. The zero-order valence-electron chi connectivity index (χ0n) is 12.2. The first-order chi connectivity index (χ1) is 9.33. The van der Waals surface area contributed by atoms with Crippen molar-refractivity contribution in [2.24, 2.45) is 0 Å². The van der Waals surface area contributed by atoms with E-state index in [2.05, 4.69) is 15.1 Å². The molecule has 2 rings (SSSR count). The maximum atomic E-state index is 12.6. The summed E-state index contributed by atoms with van der Waals surface area (Å²) in [6, 6.07) is 0. The van der Waals surface area contributed by atoms with Crippen molar-refractivity contribution >= 4 is 11.7 Å². The molecule has 108 valence electrons. The molecule has 1 amide bonds. The van der Waals surface area contributed by atoms with Crippen molar-refractivity contribution < 1.29 is 9.90 Å². The highest BCUT2D eigenvalue weighted by Crippen LogP contribution is 2.13. The summed E-state index contributed by atoms with van der Waals surface area (Å²) >= 11 is 0. The summed E-state index contributed by atoms with van der Waals surface area (Å²) in [6.45, 7) is 7.80. The Hall–Kier alpha value is -2.02. The molecule has 0 saturated heterocycles. The van der Waals surface area contributed by atoms with E-state index >= 15 is 0 Å². The molecule has 0 atom stereocenters. The Kier molecular flexibility index (Phi) is 3.71. The van der Waals surface area contributed by atoms with Crippen molar-refractivity contribution in [3.05, 3.63) is 23.8 Å². The van der Waals surface area contributed by atoms with Gasteiger partial charge in [-0.2, -0.15) is 10.1 Å². The van der Waals surface area contributed by atoms with Crippen molar-refractivity contribution in [3.63, 3.8) is 0 Å². The van der Waals surface area contributed by atoms with Crippen LogP contribution in [-0.4, -0.2) is 54.2 Å². The minimum absolute atomic E-state index is 0.169. The average molecular weight is 277 g/mol. The van der Waals surface area contributed by atoms with Gasteiger partial charge in [-0.3, -0.25) is 4.79 Å². The summed E-state index contributed by atoms with van der Waals surface area (Å²) in [5.74, 6) is 0.293. The molecule has 0 fully saturated rings. The van der Waals surface area contributed by atoms with Gasteiger partial charge in [0.05, 0.1) is 16.9 Å². The molecule has 7 nitrogen and oxygen atoms in total. The Morgan fingerprint density at radius 3 is 2.75 bits per heavy atom. The molecule has 0 aliphatic carbocycles. The number of rotatable bonds is 4. The molecule has 2 heterocycles. The fourth-order valence-electron chi connectivity index (χ4n) is 2.06. The largest absolute Gasteiger partial charge is 0.389 e. The van der Waals surface area contributed by atoms with Crippen LogP contribution < -0.4 is 0 Å². The van der Waals surface area contributed by atoms with E-state index in [1.807, 2.05) is 6.92 Å². The van der Waals surface area contributed by atoms with Crippen molar-refractivity contribution in [2.75, 3.05) is 13.1 Å². The van der Waals surface area contributed by atoms with Gasteiger partial charge in [0.1, 0.15) is 6.33 Å². The lowest BCUT2D eigenvalue weighted by molar-refractivity contribution is 0.0313. The topological polar surface area (TPSA) is 83.6 Å². The van der Waals surface area contributed by atoms with E-state index in [9.17, 15) is 9.90 Å². The number of amides is 1. The minimum atomic E-state index is -0.940. The Labute approximate surface area is 117 Å². The molecule has 0 saturated carbocycles. The van der Waals surface area contributed by atoms with Crippen molar-refractivity contribution in [1.82, 2.24) is 24.5 Å². The number of fused-ring (bicyclic) bond motifs is 1. The Morgan fingerprint density at radius 2 is 2.15 bits per heavy atom. The number of aryl methyl sites for hydroxylation is 1. The van der Waals surface area contributed by atoms with Gasteiger partial charge in [0.25, 0.3) is 11.7 Å². The molecule has 0 bridgehead atoms. The highest BCUT2D eigenvalue weighted by molar-refractivity contribution is 5.95. The smallest absolute Gasteiger partial charge is 0.257 e. The molecule has 7 heteroatoms. The number of hydrogen-bond acceptors (Lipinski definition) is 5. The van der Waals surface area contributed by atoms with Gasteiger partial charge < -0.3 is 10.0 Å². The van der Waals surface area contributed by atoms with Crippen molar-refractivity contribution in [2.45, 2.75) is 33.3 Å². The second-order valence-electron chi connectivity index (χ2n) is 5.36. The van der Waals surface area contributed by atoms with Crippen LogP contribution in [0.1, 0.15) is 36.8 Å². The number of aromatic nitrogens is 4. The van der Waals surface area contributed by atoms with Gasteiger partial charge in [-0.15, -0.1) is 0 Å². The quantitative estimate of drug-likeness (QED) is 0.887. The van der Waals surface area contributed by atoms with Gasteiger partial charge >= 0.3 is 0 Å². The van der Waals surface area contributed by atoms with Crippen molar-refractivity contribution in [1.29, 1.82) is 0 Å². The highest BCUT2D eigenvalue weighted by atomic mass is 16.3. The lowest BCUT2D eigenvalue weighted by atomic mass is 10.1. The third-order valence-corrected chi connectivity index (χ3v) is 3.02. The zero-order chi connectivity index (χ0) is 14.9.